The molecule has 3 rings (SSSR count). The van der Waals surface area contributed by atoms with Gasteiger partial charge in [0.25, 0.3) is 0 Å². The molecule has 0 radical (unpaired) electrons. The number of aliphatic hydroxyl groups excluding tert-OH is 1. The number of aliphatic hydroxyl groups is 1. The normalized spacial score (nSPS) is 22.4. The molecule has 0 bridgehead atoms. The van der Waals surface area contributed by atoms with Gasteiger partial charge >= 0.3 is 0 Å². The molecular formula is C22H29N3O3. The van der Waals surface area contributed by atoms with Crippen LogP contribution in [-0.4, -0.2) is 51.0 Å². The summed E-state index contributed by atoms with van der Waals surface area (Å²) in [6.07, 6.45) is 4.77. The first kappa shape index (κ1) is 20.1. The molecule has 6 heteroatoms. The number of rotatable bonds is 5. The zero-order valence-electron chi connectivity index (χ0n) is 17.0. The Hall–Kier alpha value is -2.60. The molecule has 0 aliphatic heterocycles. The Balaban J connectivity index is 1.67. The van der Waals surface area contributed by atoms with Crippen LogP contribution in [0.25, 0.3) is 6.08 Å². The van der Waals surface area contributed by atoms with Gasteiger partial charge < -0.3 is 14.7 Å². The van der Waals surface area contributed by atoms with E-state index < -0.39 is 6.10 Å². The molecule has 1 amide bonds. The third-order valence-corrected chi connectivity index (χ3v) is 5.60. The second-order valence-corrected chi connectivity index (χ2v) is 7.45. The van der Waals surface area contributed by atoms with E-state index in [1.54, 1.807) is 22.7 Å². The Morgan fingerprint density at radius 3 is 2.64 bits per heavy atom. The number of likely N-dealkylation sites (N-methyl/N-ethyl adjacent to an activating group) is 1. The van der Waals surface area contributed by atoms with E-state index in [0.717, 1.165) is 42.0 Å². The first-order valence-corrected chi connectivity index (χ1v) is 9.73. The van der Waals surface area contributed by atoms with Gasteiger partial charge in [-0.1, -0.05) is 18.2 Å². The maximum absolute atomic E-state index is 12.7. The van der Waals surface area contributed by atoms with Gasteiger partial charge in [-0.2, -0.15) is 5.10 Å². The minimum atomic E-state index is -0.724. The molecule has 28 heavy (non-hydrogen) atoms. The number of hydrogen-bond donors (Lipinski definition) is 1. The van der Waals surface area contributed by atoms with E-state index in [9.17, 15) is 9.90 Å². The number of aromatic nitrogens is 2. The molecule has 1 aromatic heterocycles. The highest BCUT2D eigenvalue weighted by Crippen LogP contribution is 2.27. The molecule has 1 N–H and O–H groups in total. The van der Waals surface area contributed by atoms with Crippen molar-refractivity contribution in [2.24, 2.45) is 7.05 Å². The van der Waals surface area contributed by atoms with Gasteiger partial charge in [0, 0.05) is 31.4 Å². The second kappa shape index (κ2) is 8.61. The van der Waals surface area contributed by atoms with Crippen molar-refractivity contribution in [2.75, 3.05) is 7.05 Å². The summed E-state index contributed by atoms with van der Waals surface area (Å²) in [5.41, 5.74) is 2.86. The molecule has 1 fully saturated rings. The monoisotopic (exact) mass is 383 g/mol. The van der Waals surface area contributed by atoms with Crippen LogP contribution >= 0.6 is 0 Å². The fourth-order valence-corrected chi connectivity index (χ4v) is 3.81. The van der Waals surface area contributed by atoms with Gasteiger partial charge in [0.05, 0.1) is 11.7 Å². The van der Waals surface area contributed by atoms with Crippen molar-refractivity contribution < 1.29 is 14.6 Å². The van der Waals surface area contributed by atoms with Crippen LogP contribution in [0.3, 0.4) is 0 Å². The van der Waals surface area contributed by atoms with Gasteiger partial charge in [0.15, 0.2) is 0 Å². The molecular weight excluding hydrogens is 354 g/mol. The van der Waals surface area contributed by atoms with Crippen LogP contribution in [0.4, 0.5) is 0 Å². The molecule has 0 spiro atoms. The predicted octanol–water partition coefficient (Wildman–Crippen LogP) is 2.87. The molecule has 1 aliphatic rings. The van der Waals surface area contributed by atoms with Crippen LogP contribution in [0.15, 0.2) is 36.4 Å². The fourth-order valence-electron chi connectivity index (χ4n) is 3.81. The number of aryl methyl sites for hydroxylation is 2. The van der Waals surface area contributed by atoms with Gasteiger partial charge in [0.2, 0.25) is 5.91 Å². The number of benzene rings is 1. The first-order chi connectivity index (χ1) is 13.4. The SMILES string of the molecule is Cc1nn(C)c(C)c1/C=C/C(=O)N(C)[C@@H]1CCC[C@@H](Oc2ccccc2)[C@@H]1O. The van der Waals surface area contributed by atoms with Crippen LogP contribution in [0.2, 0.25) is 0 Å². The summed E-state index contributed by atoms with van der Waals surface area (Å²) in [6, 6.07) is 9.24. The topological polar surface area (TPSA) is 67.6 Å². The number of carbonyl (C=O) groups is 1. The lowest BCUT2D eigenvalue weighted by molar-refractivity contribution is -0.132. The lowest BCUT2D eigenvalue weighted by Gasteiger charge is -2.39. The molecule has 1 saturated carbocycles. The van der Waals surface area contributed by atoms with E-state index in [4.69, 9.17) is 4.74 Å². The summed E-state index contributed by atoms with van der Waals surface area (Å²) in [6.45, 7) is 3.90. The summed E-state index contributed by atoms with van der Waals surface area (Å²) in [7, 11) is 3.63. The maximum Gasteiger partial charge on any atom is 0.246 e. The van der Waals surface area contributed by atoms with Crippen molar-refractivity contribution in [1.82, 2.24) is 14.7 Å². The van der Waals surface area contributed by atoms with Crippen LogP contribution in [0.5, 0.6) is 5.75 Å². The molecule has 1 aromatic carbocycles. The number of para-hydroxylation sites is 1. The largest absolute Gasteiger partial charge is 0.488 e. The maximum atomic E-state index is 12.7. The average molecular weight is 383 g/mol. The number of nitrogens with zero attached hydrogens (tertiary/aromatic N) is 3. The Morgan fingerprint density at radius 1 is 1.29 bits per heavy atom. The van der Waals surface area contributed by atoms with Crippen molar-refractivity contribution in [3.8, 4) is 5.75 Å². The van der Waals surface area contributed by atoms with Crippen molar-refractivity contribution in [3.63, 3.8) is 0 Å². The van der Waals surface area contributed by atoms with Crippen molar-refractivity contribution >= 4 is 12.0 Å². The van der Waals surface area contributed by atoms with Gasteiger partial charge in [-0.15, -0.1) is 0 Å². The number of amides is 1. The lowest BCUT2D eigenvalue weighted by Crippen LogP contribution is -2.53. The van der Waals surface area contributed by atoms with E-state index in [1.165, 1.54) is 0 Å². The second-order valence-electron chi connectivity index (χ2n) is 7.45. The van der Waals surface area contributed by atoms with E-state index in [1.807, 2.05) is 57.3 Å². The zero-order valence-corrected chi connectivity index (χ0v) is 17.0. The van der Waals surface area contributed by atoms with Crippen molar-refractivity contribution in [1.29, 1.82) is 0 Å². The molecule has 0 saturated heterocycles. The highest BCUT2D eigenvalue weighted by Gasteiger charge is 2.36. The van der Waals surface area contributed by atoms with Crippen molar-refractivity contribution in [3.05, 3.63) is 53.4 Å². The van der Waals surface area contributed by atoms with E-state index in [-0.39, 0.29) is 18.1 Å². The van der Waals surface area contributed by atoms with Crippen LogP contribution < -0.4 is 4.74 Å². The third kappa shape index (κ3) is 4.28. The van der Waals surface area contributed by atoms with Gasteiger partial charge in [-0.3, -0.25) is 9.48 Å². The Bertz CT molecular complexity index is 844. The van der Waals surface area contributed by atoms with Gasteiger partial charge in [-0.05, 0) is 51.3 Å². The smallest absolute Gasteiger partial charge is 0.246 e. The van der Waals surface area contributed by atoms with Crippen LogP contribution in [0, 0.1) is 13.8 Å². The summed E-state index contributed by atoms with van der Waals surface area (Å²) < 4.78 is 7.78. The zero-order chi connectivity index (χ0) is 20.3. The van der Waals surface area contributed by atoms with E-state index in [2.05, 4.69) is 5.10 Å². The Labute approximate surface area is 166 Å². The van der Waals surface area contributed by atoms with Crippen molar-refractivity contribution in [2.45, 2.75) is 51.4 Å². The van der Waals surface area contributed by atoms with Crippen LogP contribution in [-0.2, 0) is 11.8 Å². The average Bonchev–Trinajstić information content (AvgIpc) is 2.93. The first-order valence-electron chi connectivity index (χ1n) is 9.73. The van der Waals surface area contributed by atoms with Crippen LogP contribution in [0.1, 0.15) is 36.2 Å². The van der Waals surface area contributed by atoms with E-state index >= 15 is 0 Å². The molecule has 1 aliphatic carbocycles. The Morgan fingerprint density at radius 2 is 2.00 bits per heavy atom. The number of hydrogen-bond acceptors (Lipinski definition) is 4. The summed E-state index contributed by atoms with van der Waals surface area (Å²) >= 11 is 0. The quantitative estimate of drug-likeness (QED) is 0.806. The third-order valence-electron chi connectivity index (χ3n) is 5.60. The summed E-state index contributed by atoms with van der Waals surface area (Å²) in [5, 5.41) is 15.2. The molecule has 6 nitrogen and oxygen atoms in total. The lowest BCUT2D eigenvalue weighted by atomic mass is 9.89. The Kier molecular flexibility index (Phi) is 6.19. The number of ether oxygens (including phenoxy) is 1. The molecule has 3 atom stereocenters. The molecule has 0 unspecified atom stereocenters. The highest BCUT2D eigenvalue weighted by molar-refractivity contribution is 5.92. The minimum Gasteiger partial charge on any atom is -0.488 e. The predicted molar refractivity (Wildman–Crippen MR) is 109 cm³/mol. The molecule has 2 aromatic rings. The standard InChI is InChI=1S/C22H29N3O3/c1-15-18(16(2)25(4)23-15)13-14-21(26)24(3)19-11-8-12-20(22(19)27)28-17-9-6-5-7-10-17/h5-7,9-10,13-14,19-20,22,27H,8,11-12H2,1-4H3/b14-13+/t19-,20-,22-/m1/s1. The number of carbonyl (C=O) groups excluding carboxylic acids is 1. The fraction of sp³-hybridized carbons (Fsp3) is 0.455. The highest BCUT2D eigenvalue weighted by atomic mass is 16.5. The van der Waals surface area contributed by atoms with Gasteiger partial charge in [-0.25, -0.2) is 0 Å². The summed E-state index contributed by atoms with van der Waals surface area (Å²) in [4.78, 5) is 14.3. The molecule has 150 valence electrons. The minimum absolute atomic E-state index is 0.132. The van der Waals surface area contributed by atoms with Gasteiger partial charge in [0.1, 0.15) is 18.0 Å². The van der Waals surface area contributed by atoms with E-state index in [0.29, 0.717) is 0 Å². The molecule has 1 heterocycles. The summed E-state index contributed by atoms with van der Waals surface area (Å²) in [5.74, 6) is 0.607.